The highest BCUT2D eigenvalue weighted by Gasteiger charge is 2.52. The van der Waals surface area contributed by atoms with E-state index in [1.807, 2.05) is 6.08 Å². The van der Waals surface area contributed by atoms with Crippen LogP contribution in [0, 0.1) is 0 Å². The van der Waals surface area contributed by atoms with Crippen molar-refractivity contribution >= 4 is 18.1 Å². The van der Waals surface area contributed by atoms with Gasteiger partial charge in [-0.2, -0.15) is 0 Å². The van der Waals surface area contributed by atoms with E-state index in [0.717, 1.165) is 44.9 Å². The lowest BCUT2D eigenvalue weighted by molar-refractivity contribution is -0.141. The van der Waals surface area contributed by atoms with Gasteiger partial charge in [-0.15, -0.1) is 6.58 Å². The summed E-state index contributed by atoms with van der Waals surface area (Å²) < 4.78 is 11.8. The van der Waals surface area contributed by atoms with Gasteiger partial charge in [0.2, 0.25) is 11.8 Å². The van der Waals surface area contributed by atoms with Crippen molar-refractivity contribution in [3.05, 3.63) is 47.6 Å². The van der Waals surface area contributed by atoms with Crippen molar-refractivity contribution in [2.75, 3.05) is 20.3 Å². The summed E-state index contributed by atoms with van der Waals surface area (Å²) in [6, 6.07) is 2.41. The number of methoxy groups -OCH3 is 1. The smallest absolute Gasteiger partial charge is 0.247 e. The molecule has 0 bridgehead atoms. The third-order valence-electron chi connectivity index (χ3n) is 8.04. The Morgan fingerprint density at radius 3 is 2.67 bits per heavy atom. The van der Waals surface area contributed by atoms with Crippen molar-refractivity contribution in [2.24, 2.45) is 0 Å². The van der Waals surface area contributed by atoms with Crippen LogP contribution in [0.15, 0.2) is 36.4 Å². The van der Waals surface area contributed by atoms with Gasteiger partial charge < -0.3 is 29.9 Å². The van der Waals surface area contributed by atoms with E-state index >= 15 is 0 Å². The average molecular weight is 541 g/mol. The molecule has 4 unspecified atom stereocenters. The third-order valence-corrected chi connectivity index (χ3v) is 8.04. The molecule has 0 aromatic heterocycles. The van der Waals surface area contributed by atoms with Crippen molar-refractivity contribution in [1.29, 1.82) is 0 Å². The minimum Gasteiger partial charge on any atom is -0.493 e. The van der Waals surface area contributed by atoms with Crippen LogP contribution in [0.2, 0.25) is 0 Å². The van der Waals surface area contributed by atoms with E-state index in [0.29, 0.717) is 47.3 Å². The number of ether oxygens (including phenoxy) is 2. The first kappa shape index (κ1) is 28.8. The fourth-order valence-corrected chi connectivity index (χ4v) is 6.20. The van der Waals surface area contributed by atoms with E-state index in [2.05, 4.69) is 11.9 Å². The molecule has 1 heterocycles. The number of nitrogens with zero attached hydrogens (tertiary/aromatic N) is 1. The number of allylic oxidation sites excluding steroid dienone is 1. The van der Waals surface area contributed by atoms with E-state index in [9.17, 15) is 24.6 Å². The summed E-state index contributed by atoms with van der Waals surface area (Å²) in [5.74, 6) is -0.417. The van der Waals surface area contributed by atoms with E-state index in [4.69, 9.17) is 9.47 Å². The predicted molar refractivity (Wildman–Crippen MR) is 146 cm³/mol. The second-order valence-electron chi connectivity index (χ2n) is 10.5. The quantitative estimate of drug-likeness (QED) is 0.211. The van der Waals surface area contributed by atoms with Crippen molar-refractivity contribution in [3.8, 4) is 11.5 Å². The number of carbonyl (C=O) groups excluding carboxylic acids is 3. The van der Waals surface area contributed by atoms with E-state index in [1.54, 1.807) is 23.1 Å². The Balaban J connectivity index is 1.76. The highest BCUT2D eigenvalue weighted by Crippen LogP contribution is 2.51. The zero-order chi connectivity index (χ0) is 27.9. The van der Waals surface area contributed by atoms with Gasteiger partial charge in [0.1, 0.15) is 18.5 Å². The molecular formula is C30H40N2O7. The molecule has 0 radical (unpaired) electrons. The second-order valence-corrected chi connectivity index (χ2v) is 10.5. The maximum absolute atomic E-state index is 13.7. The van der Waals surface area contributed by atoms with Crippen LogP contribution in [-0.4, -0.2) is 77.8 Å². The fraction of sp³-hybridized carbons (Fsp3) is 0.567. The van der Waals surface area contributed by atoms with Crippen LogP contribution >= 0.6 is 0 Å². The summed E-state index contributed by atoms with van der Waals surface area (Å²) in [5.41, 5.74) is 1.28. The first-order valence-corrected chi connectivity index (χ1v) is 14.0. The van der Waals surface area contributed by atoms with Gasteiger partial charge in [0, 0.05) is 35.7 Å². The number of amides is 2. The standard InChI is InChI=1S/C30H40N2O7/c1-3-4-5-9-12-25(35)32(20-10-7-6-8-11-20)23-17-22(30(37)31-13-14-33)26-21-15-19(18-34)16-24(38-2)28(21)39-29(26)27(23)36/h3,15-18,20,23,26-27,29,33,36H,1,4-14H2,2H3,(H,31,37). The van der Waals surface area contributed by atoms with E-state index in [1.165, 1.54) is 7.11 Å². The molecule has 1 aromatic rings. The summed E-state index contributed by atoms with van der Waals surface area (Å²) in [7, 11) is 1.47. The maximum Gasteiger partial charge on any atom is 0.247 e. The summed E-state index contributed by atoms with van der Waals surface area (Å²) in [6.07, 6.45) is 9.81. The van der Waals surface area contributed by atoms with E-state index < -0.39 is 30.1 Å². The molecule has 212 valence electrons. The van der Waals surface area contributed by atoms with Crippen LogP contribution in [-0.2, 0) is 9.59 Å². The van der Waals surface area contributed by atoms with Crippen LogP contribution in [0.1, 0.15) is 79.6 Å². The van der Waals surface area contributed by atoms with Gasteiger partial charge >= 0.3 is 0 Å². The van der Waals surface area contributed by atoms with Gasteiger partial charge in [0.15, 0.2) is 11.5 Å². The Morgan fingerprint density at radius 2 is 2.00 bits per heavy atom. The molecule has 9 heteroatoms. The molecule has 4 rings (SSSR count). The van der Waals surface area contributed by atoms with Gasteiger partial charge in [-0.1, -0.05) is 25.3 Å². The summed E-state index contributed by atoms with van der Waals surface area (Å²) in [5, 5.41) is 23.8. The van der Waals surface area contributed by atoms with Crippen LogP contribution in [0.5, 0.6) is 11.5 Å². The topological polar surface area (TPSA) is 125 Å². The number of aldehydes is 1. The number of benzene rings is 1. The predicted octanol–water partition coefficient (Wildman–Crippen LogP) is 3.04. The zero-order valence-electron chi connectivity index (χ0n) is 22.6. The van der Waals surface area contributed by atoms with Crippen molar-refractivity contribution in [3.63, 3.8) is 0 Å². The molecule has 4 atom stereocenters. The van der Waals surface area contributed by atoms with Gasteiger partial charge in [-0.25, -0.2) is 0 Å². The third kappa shape index (κ3) is 6.04. The summed E-state index contributed by atoms with van der Waals surface area (Å²) in [6.45, 7) is 3.58. The molecule has 0 spiro atoms. The monoisotopic (exact) mass is 540 g/mol. The molecular weight excluding hydrogens is 500 g/mol. The highest BCUT2D eigenvalue weighted by molar-refractivity contribution is 5.96. The molecule has 2 aliphatic carbocycles. The van der Waals surface area contributed by atoms with Crippen LogP contribution in [0.4, 0.5) is 0 Å². The summed E-state index contributed by atoms with van der Waals surface area (Å²) >= 11 is 0. The van der Waals surface area contributed by atoms with Crippen molar-refractivity contribution in [1.82, 2.24) is 10.2 Å². The molecule has 1 saturated carbocycles. The van der Waals surface area contributed by atoms with Gasteiger partial charge in [-0.05, 0) is 50.3 Å². The Labute approximate surface area is 229 Å². The Bertz CT molecular complexity index is 1100. The molecule has 3 N–H and O–H groups in total. The van der Waals surface area contributed by atoms with Crippen molar-refractivity contribution in [2.45, 2.75) is 88.0 Å². The number of hydrogen-bond donors (Lipinski definition) is 3. The van der Waals surface area contributed by atoms with Crippen LogP contribution in [0.3, 0.4) is 0 Å². The molecule has 0 saturated heterocycles. The maximum atomic E-state index is 13.7. The first-order chi connectivity index (χ1) is 18.9. The first-order valence-electron chi connectivity index (χ1n) is 14.0. The Morgan fingerprint density at radius 1 is 1.23 bits per heavy atom. The molecule has 1 fully saturated rings. The molecule has 39 heavy (non-hydrogen) atoms. The molecule has 1 aliphatic heterocycles. The van der Waals surface area contributed by atoms with Crippen LogP contribution in [0.25, 0.3) is 0 Å². The number of aliphatic hydroxyl groups excluding tert-OH is 2. The minimum absolute atomic E-state index is 0.0418. The lowest BCUT2D eigenvalue weighted by Gasteiger charge is -2.45. The highest BCUT2D eigenvalue weighted by atomic mass is 16.5. The largest absolute Gasteiger partial charge is 0.493 e. The average Bonchev–Trinajstić information content (AvgIpc) is 3.35. The molecule has 9 nitrogen and oxygen atoms in total. The van der Waals surface area contributed by atoms with Gasteiger partial charge in [-0.3, -0.25) is 14.4 Å². The van der Waals surface area contributed by atoms with Crippen LogP contribution < -0.4 is 14.8 Å². The SMILES string of the molecule is C=CCCCCC(=O)N(C1CCCCC1)C1C=C(C(=O)NCCO)C2c3cc(C=O)cc(OC)c3OC2C1O. The number of hydrogen-bond acceptors (Lipinski definition) is 7. The van der Waals surface area contributed by atoms with Crippen molar-refractivity contribution < 1.29 is 34.1 Å². The lowest BCUT2D eigenvalue weighted by Crippen LogP contribution is -2.58. The molecule has 3 aliphatic rings. The van der Waals surface area contributed by atoms with Gasteiger partial charge in [0.25, 0.3) is 0 Å². The number of fused-ring (bicyclic) bond motifs is 3. The molecule has 1 aromatic carbocycles. The van der Waals surface area contributed by atoms with Gasteiger partial charge in [0.05, 0.1) is 25.7 Å². The zero-order valence-corrected chi connectivity index (χ0v) is 22.6. The summed E-state index contributed by atoms with van der Waals surface area (Å²) in [4.78, 5) is 40.6. The Kier molecular flexibility index (Phi) is 9.80. The van der Waals surface area contributed by atoms with E-state index in [-0.39, 0.29) is 25.1 Å². The molecule has 2 amide bonds. The number of aliphatic hydroxyl groups is 2. The normalized spacial score (nSPS) is 24.0. The number of carbonyl (C=O) groups is 3. The second kappa shape index (κ2) is 13.3. The number of rotatable bonds is 12. The number of unbranched alkanes of at least 4 members (excludes halogenated alkanes) is 2. The Hall–Kier alpha value is -3.17. The number of nitrogens with one attached hydrogen (secondary N) is 1. The minimum atomic E-state index is -1.11. The lowest BCUT2D eigenvalue weighted by atomic mass is 9.76. The fourth-order valence-electron chi connectivity index (χ4n) is 6.20.